The largest absolute Gasteiger partial charge is 0.504 e. The second kappa shape index (κ2) is 8.46. The lowest BCUT2D eigenvalue weighted by Gasteiger charge is -2.07. The van der Waals surface area contributed by atoms with E-state index in [1.807, 2.05) is 0 Å². The van der Waals surface area contributed by atoms with Gasteiger partial charge in [-0.1, -0.05) is 39.0 Å². The molecule has 1 aromatic carbocycles. The third kappa shape index (κ3) is 5.11. The first kappa shape index (κ1) is 16.3. The average Bonchev–Trinajstić information content (AvgIpc) is 2.43. The van der Waals surface area contributed by atoms with Crippen molar-refractivity contribution in [2.45, 2.75) is 52.4 Å². The van der Waals surface area contributed by atoms with E-state index in [-0.39, 0.29) is 17.1 Å². The molecule has 0 aliphatic rings. The molecule has 112 valence electrons. The lowest BCUT2D eigenvalue weighted by atomic mass is 10.1. The SMILES string of the molecule is CCCCCCCCOC(=O)c1cc(C)c(O)c(O)c1. The van der Waals surface area contributed by atoms with Gasteiger partial charge >= 0.3 is 5.97 Å². The van der Waals surface area contributed by atoms with Crippen LogP contribution in [-0.2, 0) is 4.74 Å². The van der Waals surface area contributed by atoms with Crippen molar-refractivity contribution in [2.24, 2.45) is 0 Å². The van der Waals surface area contributed by atoms with Gasteiger partial charge in [-0.05, 0) is 31.0 Å². The van der Waals surface area contributed by atoms with Crippen LogP contribution < -0.4 is 0 Å². The summed E-state index contributed by atoms with van der Waals surface area (Å²) in [5.41, 5.74) is 0.722. The number of benzene rings is 1. The molecule has 0 saturated heterocycles. The Morgan fingerprint density at radius 1 is 1.10 bits per heavy atom. The van der Waals surface area contributed by atoms with Gasteiger partial charge in [-0.2, -0.15) is 0 Å². The second-order valence-corrected chi connectivity index (χ2v) is 5.06. The Morgan fingerprint density at radius 2 is 1.75 bits per heavy atom. The van der Waals surface area contributed by atoms with E-state index in [0.717, 1.165) is 12.8 Å². The van der Waals surface area contributed by atoms with E-state index in [9.17, 15) is 15.0 Å². The molecule has 0 atom stereocenters. The molecule has 20 heavy (non-hydrogen) atoms. The van der Waals surface area contributed by atoms with E-state index in [1.54, 1.807) is 6.92 Å². The highest BCUT2D eigenvalue weighted by molar-refractivity contribution is 5.90. The molecule has 0 bridgehead atoms. The van der Waals surface area contributed by atoms with Gasteiger partial charge < -0.3 is 14.9 Å². The van der Waals surface area contributed by atoms with Gasteiger partial charge in [0.1, 0.15) is 0 Å². The number of ether oxygens (including phenoxy) is 1. The van der Waals surface area contributed by atoms with Crippen molar-refractivity contribution >= 4 is 5.97 Å². The number of aromatic hydroxyl groups is 2. The van der Waals surface area contributed by atoms with Crippen LogP contribution in [0.25, 0.3) is 0 Å². The summed E-state index contributed by atoms with van der Waals surface area (Å²) in [5.74, 6) is -0.953. The van der Waals surface area contributed by atoms with E-state index in [1.165, 1.54) is 37.8 Å². The van der Waals surface area contributed by atoms with Crippen molar-refractivity contribution in [3.63, 3.8) is 0 Å². The standard InChI is InChI=1S/C16H24O4/c1-3-4-5-6-7-8-9-20-16(19)13-10-12(2)15(18)14(17)11-13/h10-11,17-18H,3-9H2,1-2H3. The number of carbonyl (C=O) groups is 1. The number of rotatable bonds is 8. The van der Waals surface area contributed by atoms with E-state index >= 15 is 0 Å². The van der Waals surface area contributed by atoms with Gasteiger partial charge in [-0.15, -0.1) is 0 Å². The highest BCUT2D eigenvalue weighted by Crippen LogP contribution is 2.29. The number of carbonyl (C=O) groups excluding carboxylic acids is 1. The Labute approximate surface area is 120 Å². The number of hydrogen-bond acceptors (Lipinski definition) is 4. The average molecular weight is 280 g/mol. The molecule has 0 fully saturated rings. The molecule has 0 amide bonds. The molecule has 0 spiro atoms. The Morgan fingerprint density at radius 3 is 2.40 bits per heavy atom. The van der Waals surface area contributed by atoms with Crippen LogP contribution in [0.15, 0.2) is 12.1 Å². The fourth-order valence-electron chi connectivity index (χ4n) is 2.01. The van der Waals surface area contributed by atoms with Crippen molar-refractivity contribution in [3.8, 4) is 11.5 Å². The number of unbranched alkanes of at least 4 members (excludes halogenated alkanes) is 5. The Kier molecular flexibility index (Phi) is 6.91. The van der Waals surface area contributed by atoms with Crippen LogP contribution in [-0.4, -0.2) is 22.8 Å². The Bertz CT molecular complexity index is 417. The minimum Gasteiger partial charge on any atom is -0.504 e. The van der Waals surface area contributed by atoms with Crippen molar-refractivity contribution in [1.29, 1.82) is 0 Å². The third-order valence-corrected chi connectivity index (χ3v) is 3.25. The molecule has 0 saturated carbocycles. The smallest absolute Gasteiger partial charge is 0.338 e. The van der Waals surface area contributed by atoms with Crippen LogP contribution in [0.2, 0.25) is 0 Å². The van der Waals surface area contributed by atoms with Crippen molar-refractivity contribution < 1.29 is 19.7 Å². The monoisotopic (exact) mass is 280 g/mol. The summed E-state index contributed by atoms with van der Waals surface area (Å²) in [5, 5.41) is 18.9. The molecule has 2 N–H and O–H groups in total. The van der Waals surface area contributed by atoms with Crippen LogP contribution in [0, 0.1) is 6.92 Å². The molecule has 0 radical (unpaired) electrons. The van der Waals surface area contributed by atoms with Crippen molar-refractivity contribution in [3.05, 3.63) is 23.3 Å². The third-order valence-electron chi connectivity index (χ3n) is 3.25. The maximum Gasteiger partial charge on any atom is 0.338 e. The first-order valence-corrected chi connectivity index (χ1v) is 7.26. The van der Waals surface area contributed by atoms with Crippen LogP contribution in [0.1, 0.15) is 61.4 Å². The van der Waals surface area contributed by atoms with E-state index in [0.29, 0.717) is 12.2 Å². The Balaban J connectivity index is 2.33. The molecule has 0 aliphatic carbocycles. The maximum absolute atomic E-state index is 11.8. The van der Waals surface area contributed by atoms with Crippen LogP contribution in [0.5, 0.6) is 11.5 Å². The highest BCUT2D eigenvalue weighted by atomic mass is 16.5. The second-order valence-electron chi connectivity index (χ2n) is 5.06. The molecule has 4 heteroatoms. The molecular formula is C16H24O4. The van der Waals surface area contributed by atoms with E-state index in [2.05, 4.69) is 6.92 Å². The van der Waals surface area contributed by atoms with Gasteiger partial charge in [0.15, 0.2) is 11.5 Å². The summed E-state index contributed by atoms with van der Waals surface area (Å²) in [4.78, 5) is 11.8. The molecule has 4 nitrogen and oxygen atoms in total. The van der Waals surface area contributed by atoms with E-state index in [4.69, 9.17) is 4.74 Å². The number of esters is 1. The van der Waals surface area contributed by atoms with E-state index < -0.39 is 5.97 Å². The fourth-order valence-corrected chi connectivity index (χ4v) is 2.01. The lowest BCUT2D eigenvalue weighted by Crippen LogP contribution is -2.06. The van der Waals surface area contributed by atoms with Gasteiger partial charge in [-0.25, -0.2) is 4.79 Å². The van der Waals surface area contributed by atoms with Crippen LogP contribution in [0.4, 0.5) is 0 Å². The summed E-state index contributed by atoms with van der Waals surface area (Å²) in [6.07, 6.45) is 6.80. The minimum absolute atomic E-state index is 0.197. The fraction of sp³-hybridized carbons (Fsp3) is 0.562. The first-order chi connectivity index (χ1) is 9.56. The van der Waals surface area contributed by atoms with Gasteiger partial charge in [0, 0.05) is 0 Å². The zero-order chi connectivity index (χ0) is 15.0. The number of aryl methyl sites for hydroxylation is 1. The molecule has 0 aromatic heterocycles. The molecule has 0 aliphatic heterocycles. The summed E-state index contributed by atoms with van der Waals surface area (Å²) >= 11 is 0. The molecule has 0 heterocycles. The number of hydrogen-bond donors (Lipinski definition) is 2. The predicted octanol–water partition coefficient (Wildman–Crippen LogP) is 3.92. The van der Waals surface area contributed by atoms with Gasteiger partial charge in [-0.3, -0.25) is 0 Å². The number of phenolic OH excluding ortho intramolecular Hbond substituents is 2. The minimum atomic E-state index is -0.461. The lowest BCUT2D eigenvalue weighted by molar-refractivity contribution is 0.0497. The van der Waals surface area contributed by atoms with Crippen LogP contribution in [0.3, 0.4) is 0 Å². The molecule has 1 rings (SSSR count). The van der Waals surface area contributed by atoms with Crippen molar-refractivity contribution in [1.82, 2.24) is 0 Å². The quantitative estimate of drug-likeness (QED) is 0.430. The van der Waals surface area contributed by atoms with Crippen molar-refractivity contribution in [2.75, 3.05) is 6.61 Å². The first-order valence-electron chi connectivity index (χ1n) is 7.26. The van der Waals surface area contributed by atoms with Gasteiger partial charge in [0.2, 0.25) is 0 Å². The Hall–Kier alpha value is -1.71. The normalized spacial score (nSPS) is 10.5. The van der Waals surface area contributed by atoms with Gasteiger partial charge in [0.05, 0.1) is 12.2 Å². The van der Waals surface area contributed by atoms with Gasteiger partial charge in [0.25, 0.3) is 0 Å². The topological polar surface area (TPSA) is 66.8 Å². The molecule has 0 unspecified atom stereocenters. The summed E-state index contributed by atoms with van der Waals surface area (Å²) in [6.45, 7) is 4.20. The summed E-state index contributed by atoms with van der Waals surface area (Å²) in [7, 11) is 0. The molecule has 1 aromatic rings. The number of phenols is 2. The zero-order valence-electron chi connectivity index (χ0n) is 12.3. The summed E-state index contributed by atoms with van der Waals surface area (Å²) < 4.78 is 5.15. The zero-order valence-corrected chi connectivity index (χ0v) is 12.3. The highest BCUT2D eigenvalue weighted by Gasteiger charge is 2.12. The molecular weight excluding hydrogens is 256 g/mol. The summed E-state index contributed by atoms with van der Waals surface area (Å²) in [6, 6.07) is 2.74. The van der Waals surface area contributed by atoms with Crippen LogP contribution >= 0.6 is 0 Å². The predicted molar refractivity (Wildman–Crippen MR) is 78.2 cm³/mol. The maximum atomic E-state index is 11.8.